The summed E-state index contributed by atoms with van der Waals surface area (Å²) in [6.07, 6.45) is 2.74. The average molecular weight is 332 g/mol. The first-order valence-corrected chi connectivity index (χ1v) is 8.30. The van der Waals surface area contributed by atoms with Crippen LogP contribution in [0.25, 0.3) is 0 Å². The van der Waals surface area contributed by atoms with Crippen LogP contribution in [-0.2, 0) is 11.3 Å². The van der Waals surface area contributed by atoms with Gasteiger partial charge in [0.05, 0.1) is 9.89 Å². The number of thiophene rings is 1. The topological polar surface area (TPSA) is 21.3 Å². The zero-order valence-corrected chi connectivity index (χ0v) is 13.7. The van der Waals surface area contributed by atoms with E-state index in [9.17, 15) is 0 Å². The fourth-order valence-electron chi connectivity index (χ4n) is 2.74. The van der Waals surface area contributed by atoms with E-state index >= 15 is 0 Å². The fourth-order valence-corrected chi connectivity index (χ4v) is 4.17. The molecular formula is C14H22BrNOS. The highest BCUT2D eigenvalue weighted by Gasteiger charge is 2.50. The maximum Gasteiger partial charge on any atom is 0.0701 e. The molecule has 1 aliphatic rings. The monoisotopic (exact) mass is 331 g/mol. The molecule has 0 aliphatic heterocycles. The van der Waals surface area contributed by atoms with Crippen LogP contribution in [0.1, 0.15) is 38.5 Å². The van der Waals surface area contributed by atoms with E-state index in [1.165, 1.54) is 15.1 Å². The normalized spacial score (nSPS) is 31.3. The molecule has 1 fully saturated rings. The van der Waals surface area contributed by atoms with Crippen molar-refractivity contribution in [3.8, 4) is 0 Å². The largest absolute Gasteiger partial charge is 0.378 e. The van der Waals surface area contributed by atoms with E-state index in [1.807, 2.05) is 0 Å². The number of hydrogen-bond donors (Lipinski definition) is 1. The Kier molecular flexibility index (Phi) is 4.86. The van der Waals surface area contributed by atoms with E-state index in [-0.39, 0.29) is 0 Å². The molecule has 1 aromatic heterocycles. The van der Waals surface area contributed by atoms with Crippen LogP contribution >= 0.6 is 27.3 Å². The van der Waals surface area contributed by atoms with Gasteiger partial charge in [0.2, 0.25) is 0 Å². The number of ether oxygens (including phenoxy) is 1. The van der Waals surface area contributed by atoms with Crippen molar-refractivity contribution in [1.82, 2.24) is 5.32 Å². The van der Waals surface area contributed by atoms with Crippen LogP contribution < -0.4 is 5.32 Å². The second kappa shape index (κ2) is 6.04. The standard InChI is InChI=1S/C14H22BrNOS/c1-4-14(3)11(8-12(14)17-5-2)16-9-10-6-7-13(15)18-10/h6-7,11-12,16H,4-5,8-9H2,1-3H3. The Morgan fingerprint density at radius 2 is 2.28 bits per heavy atom. The molecule has 2 nitrogen and oxygen atoms in total. The van der Waals surface area contributed by atoms with Crippen molar-refractivity contribution in [1.29, 1.82) is 0 Å². The third-order valence-electron chi connectivity index (χ3n) is 4.26. The van der Waals surface area contributed by atoms with Crippen LogP contribution in [0.5, 0.6) is 0 Å². The SMILES string of the molecule is CCOC1CC(NCc2ccc(Br)s2)C1(C)CC. The van der Waals surface area contributed by atoms with Crippen LogP contribution in [0, 0.1) is 5.41 Å². The van der Waals surface area contributed by atoms with E-state index in [0.29, 0.717) is 17.6 Å². The van der Waals surface area contributed by atoms with Gasteiger partial charge in [0.1, 0.15) is 0 Å². The molecule has 4 heteroatoms. The maximum atomic E-state index is 5.83. The van der Waals surface area contributed by atoms with Crippen molar-refractivity contribution in [3.05, 3.63) is 20.8 Å². The molecule has 0 aromatic carbocycles. The van der Waals surface area contributed by atoms with Crippen molar-refractivity contribution < 1.29 is 4.74 Å². The summed E-state index contributed by atoms with van der Waals surface area (Å²) in [7, 11) is 0. The highest BCUT2D eigenvalue weighted by atomic mass is 79.9. The Hall–Kier alpha value is 0.1000. The minimum Gasteiger partial charge on any atom is -0.378 e. The summed E-state index contributed by atoms with van der Waals surface area (Å²) in [4.78, 5) is 1.39. The lowest BCUT2D eigenvalue weighted by Crippen LogP contribution is -2.61. The lowest BCUT2D eigenvalue weighted by molar-refractivity contribution is -0.126. The number of hydrogen-bond acceptors (Lipinski definition) is 3. The third-order valence-corrected chi connectivity index (χ3v) is 5.89. The quantitative estimate of drug-likeness (QED) is 0.843. The van der Waals surface area contributed by atoms with Gasteiger partial charge >= 0.3 is 0 Å². The van der Waals surface area contributed by atoms with Gasteiger partial charge in [-0.05, 0) is 47.8 Å². The summed E-state index contributed by atoms with van der Waals surface area (Å²) >= 11 is 5.31. The summed E-state index contributed by atoms with van der Waals surface area (Å²) in [6.45, 7) is 8.49. The van der Waals surface area contributed by atoms with Crippen molar-refractivity contribution in [2.24, 2.45) is 5.41 Å². The summed E-state index contributed by atoms with van der Waals surface area (Å²) < 4.78 is 7.03. The molecule has 102 valence electrons. The first-order chi connectivity index (χ1) is 8.60. The Labute approximate surface area is 122 Å². The van der Waals surface area contributed by atoms with Gasteiger partial charge in [0, 0.05) is 29.5 Å². The van der Waals surface area contributed by atoms with E-state index in [1.54, 1.807) is 11.3 Å². The molecule has 3 atom stereocenters. The van der Waals surface area contributed by atoms with E-state index in [4.69, 9.17) is 4.74 Å². The number of rotatable bonds is 6. The van der Waals surface area contributed by atoms with Gasteiger partial charge in [-0.25, -0.2) is 0 Å². The zero-order valence-electron chi connectivity index (χ0n) is 11.3. The molecular weight excluding hydrogens is 310 g/mol. The lowest BCUT2D eigenvalue weighted by atomic mass is 9.61. The molecule has 0 radical (unpaired) electrons. The van der Waals surface area contributed by atoms with E-state index < -0.39 is 0 Å². The first kappa shape index (κ1) is 14.5. The van der Waals surface area contributed by atoms with Crippen LogP contribution in [0.2, 0.25) is 0 Å². The van der Waals surface area contributed by atoms with E-state index in [2.05, 4.69) is 54.2 Å². The predicted molar refractivity (Wildman–Crippen MR) is 81.1 cm³/mol. The molecule has 2 rings (SSSR count). The maximum absolute atomic E-state index is 5.83. The number of halogens is 1. The molecule has 1 saturated carbocycles. The minimum atomic E-state index is 0.296. The molecule has 18 heavy (non-hydrogen) atoms. The van der Waals surface area contributed by atoms with Crippen molar-refractivity contribution in [2.75, 3.05) is 6.61 Å². The molecule has 1 aromatic rings. The Morgan fingerprint density at radius 1 is 1.50 bits per heavy atom. The van der Waals surface area contributed by atoms with Gasteiger partial charge in [-0.15, -0.1) is 11.3 Å². The number of nitrogens with one attached hydrogen (secondary N) is 1. The van der Waals surface area contributed by atoms with Gasteiger partial charge < -0.3 is 10.1 Å². The van der Waals surface area contributed by atoms with Gasteiger partial charge in [-0.1, -0.05) is 13.8 Å². The van der Waals surface area contributed by atoms with Gasteiger partial charge in [0.15, 0.2) is 0 Å². The van der Waals surface area contributed by atoms with Crippen LogP contribution in [0.4, 0.5) is 0 Å². The minimum absolute atomic E-state index is 0.296. The van der Waals surface area contributed by atoms with Crippen molar-refractivity contribution in [2.45, 2.75) is 52.3 Å². The Morgan fingerprint density at radius 3 is 2.83 bits per heavy atom. The molecule has 0 saturated heterocycles. The molecule has 3 unspecified atom stereocenters. The molecule has 1 N–H and O–H groups in total. The second-order valence-electron chi connectivity index (χ2n) is 5.18. The third kappa shape index (κ3) is 2.82. The molecule has 1 heterocycles. The van der Waals surface area contributed by atoms with Crippen molar-refractivity contribution in [3.63, 3.8) is 0 Å². The summed E-state index contributed by atoms with van der Waals surface area (Å²) in [5.41, 5.74) is 0.296. The Bertz CT molecular complexity index is 395. The smallest absolute Gasteiger partial charge is 0.0701 e. The van der Waals surface area contributed by atoms with Crippen molar-refractivity contribution >= 4 is 27.3 Å². The molecule has 0 spiro atoms. The van der Waals surface area contributed by atoms with Crippen LogP contribution in [-0.4, -0.2) is 18.8 Å². The second-order valence-corrected chi connectivity index (χ2v) is 7.73. The predicted octanol–water partition coefficient (Wildman–Crippen LogP) is 4.19. The highest BCUT2D eigenvalue weighted by molar-refractivity contribution is 9.11. The first-order valence-electron chi connectivity index (χ1n) is 6.69. The average Bonchev–Trinajstić information content (AvgIpc) is 2.77. The molecule has 1 aliphatic carbocycles. The summed E-state index contributed by atoms with van der Waals surface area (Å²) in [5.74, 6) is 0. The summed E-state index contributed by atoms with van der Waals surface area (Å²) in [5, 5.41) is 3.69. The zero-order chi connectivity index (χ0) is 13.2. The lowest BCUT2D eigenvalue weighted by Gasteiger charge is -2.53. The van der Waals surface area contributed by atoms with Crippen LogP contribution in [0.3, 0.4) is 0 Å². The molecule has 0 amide bonds. The highest BCUT2D eigenvalue weighted by Crippen LogP contribution is 2.46. The van der Waals surface area contributed by atoms with Crippen LogP contribution in [0.15, 0.2) is 15.9 Å². The molecule has 0 bridgehead atoms. The Balaban J connectivity index is 1.87. The summed E-state index contributed by atoms with van der Waals surface area (Å²) in [6, 6.07) is 4.88. The fraction of sp³-hybridized carbons (Fsp3) is 0.714. The van der Waals surface area contributed by atoms with E-state index in [0.717, 1.165) is 19.6 Å². The van der Waals surface area contributed by atoms with Gasteiger partial charge in [0.25, 0.3) is 0 Å². The van der Waals surface area contributed by atoms with Gasteiger partial charge in [-0.3, -0.25) is 0 Å². The van der Waals surface area contributed by atoms with Gasteiger partial charge in [-0.2, -0.15) is 0 Å².